The van der Waals surface area contributed by atoms with Crippen molar-refractivity contribution in [2.75, 3.05) is 7.11 Å². The zero-order chi connectivity index (χ0) is 10.3. The Kier molecular flexibility index (Phi) is 2.06. The fourth-order valence-electron chi connectivity index (χ4n) is 2.31. The highest BCUT2D eigenvalue weighted by Crippen LogP contribution is 2.39. The van der Waals surface area contributed by atoms with Crippen molar-refractivity contribution in [3.05, 3.63) is 11.6 Å². The van der Waals surface area contributed by atoms with Crippen molar-refractivity contribution in [2.45, 2.75) is 31.8 Å². The smallest absolute Gasteiger partial charge is 0.328 e. The summed E-state index contributed by atoms with van der Waals surface area (Å²) in [6.45, 7) is 1.86. The average molecular weight is 195 g/mol. The molecule has 2 heterocycles. The van der Waals surface area contributed by atoms with E-state index < -0.39 is 0 Å². The number of hydrogen-bond donors (Lipinski definition) is 0. The van der Waals surface area contributed by atoms with Crippen LogP contribution in [0.3, 0.4) is 0 Å². The first kappa shape index (κ1) is 9.24. The van der Waals surface area contributed by atoms with E-state index in [1.165, 1.54) is 7.11 Å². The molecule has 1 amide bonds. The normalized spacial score (nSPS) is 32.9. The lowest BCUT2D eigenvalue weighted by Gasteiger charge is -2.39. The van der Waals surface area contributed by atoms with Gasteiger partial charge in [-0.25, -0.2) is 4.79 Å². The summed E-state index contributed by atoms with van der Waals surface area (Å²) in [4.78, 5) is 24.5. The molecule has 2 aliphatic rings. The maximum absolute atomic E-state index is 11.6. The number of hydrogen-bond acceptors (Lipinski definition) is 3. The molecule has 1 unspecified atom stereocenters. The standard InChI is InChI=1S/C10H13NO3/c1-3-6-7-4-5-8(10(13)14-2)11(7)9(6)12/h3,7-8H,4-5H2,1-2H3/b6-3+/t7-,8?/m1/s1. The minimum Gasteiger partial charge on any atom is -0.467 e. The predicted octanol–water partition coefficient (Wildman–Crippen LogP) is 0.479. The third-order valence-corrected chi connectivity index (χ3v) is 3.01. The van der Waals surface area contributed by atoms with Gasteiger partial charge in [0, 0.05) is 5.57 Å². The molecular weight excluding hydrogens is 182 g/mol. The van der Waals surface area contributed by atoms with Crippen LogP contribution >= 0.6 is 0 Å². The molecule has 0 aromatic carbocycles. The number of nitrogens with zero attached hydrogens (tertiary/aromatic N) is 1. The molecule has 0 N–H and O–H groups in total. The Balaban J connectivity index is 2.16. The van der Waals surface area contributed by atoms with Crippen molar-refractivity contribution >= 4 is 11.9 Å². The second-order valence-electron chi connectivity index (χ2n) is 3.59. The van der Waals surface area contributed by atoms with Crippen LogP contribution in [0.4, 0.5) is 0 Å². The maximum atomic E-state index is 11.6. The van der Waals surface area contributed by atoms with E-state index in [-0.39, 0.29) is 24.0 Å². The monoisotopic (exact) mass is 195 g/mol. The van der Waals surface area contributed by atoms with Crippen molar-refractivity contribution in [3.63, 3.8) is 0 Å². The molecule has 2 atom stereocenters. The fourth-order valence-corrected chi connectivity index (χ4v) is 2.31. The number of β-lactam (4-membered cyclic amide) rings is 1. The summed E-state index contributed by atoms with van der Waals surface area (Å²) in [5.74, 6) is -0.304. The zero-order valence-electron chi connectivity index (χ0n) is 8.32. The minimum absolute atomic E-state index is 0.00889. The topological polar surface area (TPSA) is 46.6 Å². The Bertz CT molecular complexity index is 321. The van der Waals surface area contributed by atoms with Crippen molar-refractivity contribution in [2.24, 2.45) is 0 Å². The highest BCUT2D eigenvalue weighted by atomic mass is 16.5. The number of carbonyl (C=O) groups is 2. The van der Waals surface area contributed by atoms with Crippen LogP contribution in [0.2, 0.25) is 0 Å². The Morgan fingerprint density at radius 1 is 1.57 bits per heavy atom. The highest BCUT2D eigenvalue weighted by molar-refractivity contribution is 6.04. The summed E-state index contributed by atoms with van der Waals surface area (Å²) in [6.07, 6.45) is 3.44. The average Bonchev–Trinajstić information content (AvgIpc) is 2.57. The first-order chi connectivity index (χ1) is 6.70. The maximum Gasteiger partial charge on any atom is 0.328 e. The quantitative estimate of drug-likeness (QED) is 0.347. The van der Waals surface area contributed by atoms with Gasteiger partial charge in [0.15, 0.2) is 0 Å². The van der Waals surface area contributed by atoms with Crippen LogP contribution in [-0.4, -0.2) is 36.0 Å². The summed E-state index contributed by atoms with van der Waals surface area (Å²) in [5, 5.41) is 0. The second-order valence-corrected chi connectivity index (χ2v) is 3.59. The van der Waals surface area contributed by atoms with Gasteiger partial charge in [0.2, 0.25) is 0 Å². The van der Waals surface area contributed by atoms with E-state index in [9.17, 15) is 9.59 Å². The van der Waals surface area contributed by atoms with Gasteiger partial charge in [-0.1, -0.05) is 6.08 Å². The Morgan fingerprint density at radius 2 is 2.29 bits per heavy atom. The van der Waals surface area contributed by atoms with Crippen molar-refractivity contribution in [3.8, 4) is 0 Å². The number of carbonyl (C=O) groups excluding carboxylic acids is 2. The number of fused-ring (bicyclic) bond motifs is 1. The number of allylic oxidation sites excluding steroid dienone is 1. The zero-order valence-corrected chi connectivity index (χ0v) is 8.32. The van der Waals surface area contributed by atoms with E-state index >= 15 is 0 Å². The van der Waals surface area contributed by atoms with Crippen LogP contribution in [0.1, 0.15) is 19.8 Å². The molecule has 14 heavy (non-hydrogen) atoms. The Labute approximate surface area is 82.5 Å². The summed E-state index contributed by atoms with van der Waals surface area (Å²) in [6, 6.07) is -0.183. The molecule has 4 heteroatoms. The minimum atomic E-state index is -0.346. The molecule has 0 aliphatic carbocycles. The SMILES string of the molecule is C/C=C1/C(=O)N2C(C(=O)OC)CC[C@H]12. The number of methoxy groups -OCH3 is 1. The van der Waals surface area contributed by atoms with Gasteiger partial charge in [-0.15, -0.1) is 0 Å². The largest absolute Gasteiger partial charge is 0.467 e. The number of ether oxygens (including phenoxy) is 1. The molecule has 76 valence electrons. The fraction of sp³-hybridized carbons (Fsp3) is 0.600. The molecule has 4 nitrogen and oxygen atoms in total. The van der Waals surface area contributed by atoms with Crippen molar-refractivity contribution in [1.82, 2.24) is 4.90 Å². The Morgan fingerprint density at radius 3 is 2.86 bits per heavy atom. The van der Waals surface area contributed by atoms with Gasteiger partial charge in [0.05, 0.1) is 13.2 Å². The molecule has 0 radical (unpaired) electrons. The van der Waals surface area contributed by atoms with Gasteiger partial charge in [0.25, 0.3) is 5.91 Å². The third kappa shape index (κ3) is 0.997. The van der Waals surface area contributed by atoms with Gasteiger partial charge in [0.1, 0.15) is 6.04 Å². The number of rotatable bonds is 1. The van der Waals surface area contributed by atoms with Crippen molar-refractivity contribution < 1.29 is 14.3 Å². The molecular formula is C10H13NO3. The summed E-state index contributed by atoms with van der Waals surface area (Å²) < 4.78 is 4.65. The molecule has 2 fully saturated rings. The predicted molar refractivity (Wildman–Crippen MR) is 49.4 cm³/mol. The highest BCUT2D eigenvalue weighted by Gasteiger charge is 2.52. The second kappa shape index (κ2) is 3.12. The van der Waals surface area contributed by atoms with Crippen LogP contribution in [0, 0.1) is 0 Å². The van der Waals surface area contributed by atoms with E-state index in [2.05, 4.69) is 4.74 Å². The van der Waals surface area contributed by atoms with Gasteiger partial charge >= 0.3 is 5.97 Å². The molecule has 2 rings (SSSR count). The molecule has 0 aromatic heterocycles. The van der Waals surface area contributed by atoms with Crippen molar-refractivity contribution in [1.29, 1.82) is 0 Å². The van der Waals surface area contributed by atoms with Gasteiger partial charge < -0.3 is 9.64 Å². The van der Waals surface area contributed by atoms with Crippen LogP contribution < -0.4 is 0 Å². The summed E-state index contributed by atoms with van der Waals surface area (Å²) >= 11 is 0. The van der Waals surface area contributed by atoms with E-state index in [4.69, 9.17) is 0 Å². The van der Waals surface area contributed by atoms with Crippen LogP contribution in [0.25, 0.3) is 0 Å². The molecule has 0 spiro atoms. The molecule has 0 saturated carbocycles. The lowest BCUT2D eigenvalue weighted by molar-refractivity contribution is -0.154. The van der Waals surface area contributed by atoms with E-state index in [0.29, 0.717) is 0 Å². The lowest BCUT2D eigenvalue weighted by Crippen LogP contribution is -2.56. The summed E-state index contributed by atoms with van der Waals surface area (Å²) in [7, 11) is 1.36. The van der Waals surface area contributed by atoms with E-state index in [1.807, 2.05) is 13.0 Å². The molecule has 2 aliphatic heterocycles. The molecule has 0 bridgehead atoms. The lowest BCUT2D eigenvalue weighted by atomic mass is 9.95. The summed E-state index contributed by atoms with van der Waals surface area (Å²) in [5.41, 5.74) is 0.844. The molecule has 2 saturated heterocycles. The van der Waals surface area contributed by atoms with Gasteiger partial charge in [-0.05, 0) is 19.8 Å². The first-order valence-corrected chi connectivity index (χ1v) is 4.77. The molecule has 0 aromatic rings. The van der Waals surface area contributed by atoms with Crippen LogP contribution in [0.15, 0.2) is 11.6 Å². The van der Waals surface area contributed by atoms with E-state index in [1.54, 1.807) is 4.90 Å². The van der Waals surface area contributed by atoms with Gasteiger partial charge in [-0.3, -0.25) is 4.79 Å². The van der Waals surface area contributed by atoms with Crippen LogP contribution in [0.5, 0.6) is 0 Å². The first-order valence-electron chi connectivity index (χ1n) is 4.77. The third-order valence-electron chi connectivity index (χ3n) is 3.01. The Hall–Kier alpha value is -1.32. The number of amides is 1. The number of esters is 1. The van der Waals surface area contributed by atoms with E-state index in [0.717, 1.165) is 18.4 Å². The van der Waals surface area contributed by atoms with Crippen LogP contribution in [-0.2, 0) is 14.3 Å². The van der Waals surface area contributed by atoms with Gasteiger partial charge in [-0.2, -0.15) is 0 Å².